The van der Waals surface area contributed by atoms with Crippen molar-refractivity contribution in [1.29, 1.82) is 0 Å². The molecule has 0 radical (unpaired) electrons. The molecule has 4 nitrogen and oxygen atoms in total. The number of carbonyl (C=O) groups excluding carboxylic acids is 1. The first-order valence-corrected chi connectivity index (χ1v) is 8.20. The van der Waals surface area contributed by atoms with Gasteiger partial charge in [-0.15, -0.1) is 0 Å². The maximum atomic E-state index is 13.2. The number of hydrogen-bond donors (Lipinski definition) is 1. The van der Waals surface area contributed by atoms with E-state index in [-0.39, 0.29) is 13.0 Å². The molecule has 0 aliphatic carbocycles. The van der Waals surface area contributed by atoms with E-state index in [0.717, 1.165) is 23.7 Å². The molecule has 0 fully saturated rings. The Kier molecular flexibility index (Phi) is 5.42. The van der Waals surface area contributed by atoms with Crippen molar-refractivity contribution in [2.45, 2.75) is 52.7 Å². The van der Waals surface area contributed by atoms with Crippen LogP contribution in [-0.4, -0.2) is 32.7 Å². The van der Waals surface area contributed by atoms with Gasteiger partial charge in [-0.1, -0.05) is 24.3 Å². The van der Waals surface area contributed by atoms with Crippen LogP contribution in [0.3, 0.4) is 0 Å². The molecule has 0 saturated heterocycles. The van der Waals surface area contributed by atoms with Crippen molar-refractivity contribution in [3.63, 3.8) is 0 Å². The van der Waals surface area contributed by atoms with Gasteiger partial charge < -0.3 is 5.11 Å². The van der Waals surface area contributed by atoms with Crippen LogP contribution in [0.15, 0.2) is 36.5 Å². The van der Waals surface area contributed by atoms with E-state index >= 15 is 0 Å². The molecular weight excluding hydrogens is 326 g/mol. The summed E-state index contributed by atoms with van der Waals surface area (Å²) in [7, 11) is 0. The second-order valence-corrected chi connectivity index (χ2v) is 6.87. The molecule has 0 aliphatic rings. The Labute approximate surface area is 146 Å². The fourth-order valence-corrected chi connectivity index (χ4v) is 2.85. The van der Waals surface area contributed by atoms with E-state index in [2.05, 4.69) is 5.10 Å². The van der Waals surface area contributed by atoms with E-state index in [4.69, 9.17) is 0 Å². The highest BCUT2D eigenvalue weighted by molar-refractivity contribution is 5.83. The fourth-order valence-electron chi connectivity index (χ4n) is 2.85. The van der Waals surface area contributed by atoms with E-state index in [1.165, 1.54) is 13.8 Å². The minimum absolute atomic E-state index is 0.0641. The van der Waals surface area contributed by atoms with Crippen LogP contribution in [0.1, 0.15) is 32.8 Å². The lowest BCUT2D eigenvalue weighted by Crippen LogP contribution is -2.53. The summed E-state index contributed by atoms with van der Waals surface area (Å²) < 4.78 is 28.1. The number of aliphatic hydroxyl groups is 1. The standard InChI is InChI=1S/C19H24F2N2O2/c1-13-7-5-6-8-15(13)16-9-11-23(22-16)12-10-18(3,14(2)24)19(4,25)17(20)21/h5-9,11,17,25H,10,12H2,1-4H3. The Morgan fingerprint density at radius 2 is 1.92 bits per heavy atom. The number of benzene rings is 1. The monoisotopic (exact) mass is 350 g/mol. The molecule has 1 heterocycles. The van der Waals surface area contributed by atoms with Crippen LogP contribution in [0, 0.1) is 12.3 Å². The average molecular weight is 350 g/mol. The minimum atomic E-state index is -3.01. The molecule has 2 unspecified atom stereocenters. The molecule has 0 saturated carbocycles. The van der Waals surface area contributed by atoms with Crippen LogP contribution < -0.4 is 0 Å². The van der Waals surface area contributed by atoms with Crippen LogP contribution in [-0.2, 0) is 11.3 Å². The number of hydrogen-bond acceptors (Lipinski definition) is 3. The lowest BCUT2D eigenvalue weighted by atomic mass is 9.69. The van der Waals surface area contributed by atoms with E-state index in [1.54, 1.807) is 10.9 Å². The van der Waals surface area contributed by atoms with Gasteiger partial charge in [0.2, 0.25) is 0 Å². The van der Waals surface area contributed by atoms with Gasteiger partial charge in [-0.25, -0.2) is 8.78 Å². The van der Waals surface area contributed by atoms with E-state index in [0.29, 0.717) is 0 Å². The summed E-state index contributed by atoms with van der Waals surface area (Å²) in [4.78, 5) is 12.0. The van der Waals surface area contributed by atoms with Gasteiger partial charge in [-0.2, -0.15) is 5.10 Å². The lowest BCUT2D eigenvalue weighted by Gasteiger charge is -2.40. The Hall–Kier alpha value is -2.08. The smallest absolute Gasteiger partial charge is 0.267 e. The van der Waals surface area contributed by atoms with Gasteiger partial charge in [0.15, 0.2) is 0 Å². The number of halogens is 2. The summed E-state index contributed by atoms with van der Waals surface area (Å²) >= 11 is 0. The molecule has 0 aliphatic heterocycles. The number of nitrogens with zero attached hydrogens (tertiary/aromatic N) is 2. The number of rotatable bonds is 7. The van der Waals surface area contributed by atoms with Crippen LogP contribution in [0.5, 0.6) is 0 Å². The van der Waals surface area contributed by atoms with Crippen molar-refractivity contribution in [2.75, 3.05) is 0 Å². The lowest BCUT2D eigenvalue weighted by molar-refractivity contribution is -0.174. The van der Waals surface area contributed by atoms with Crippen molar-refractivity contribution in [3.05, 3.63) is 42.1 Å². The highest BCUT2D eigenvalue weighted by Crippen LogP contribution is 2.40. The summed E-state index contributed by atoms with van der Waals surface area (Å²) in [5.74, 6) is -0.468. The van der Waals surface area contributed by atoms with E-state index < -0.39 is 23.2 Å². The summed E-state index contributed by atoms with van der Waals surface area (Å²) in [5, 5.41) is 14.6. The molecule has 25 heavy (non-hydrogen) atoms. The van der Waals surface area contributed by atoms with Crippen molar-refractivity contribution in [2.24, 2.45) is 5.41 Å². The van der Waals surface area contributed by atoms with Gasteiger partial charge in [-0.3, -0.25) is 9.48 Å². The highest BCUT2D eigenvalue weighted by Gasteiger charge is 2.52. The number of ketones is 1. The number of aromatic nitrogens is 2. The van der Waals surface area contributed by atoms with E-state index in [9.17, 15) is 18.7 Å². The summed E-state index contributed by atoms with van der Waals surface area (Å²) in [6.07, 6.45) is -1.20. The molecule has 2 aromatic rings. The van der Waals surface area contributed by atoms with Crippen molar-refractivity contribution in [1.82, 2.24) is 9.78 Å². The number of Topliss-reactive ketones (excluding diaryl/α,β-unsaturated/α-hetero) is 1. The minimum Gasteiger partial charge on any atom is -0.383 e. The largest absolute Gasteiger partial charge is 0.383 e. The molecule has 2 rings (SSSR count). The molecule has 1 aromatic carbocycles. The van der Waals surface area contributed by atoms with Crippen molar-refractivity contribution in [3.8, 4) is 11.3 Å². The van der Waals surface area contributed by atoms with Gasteiger partial charge in [-0.05, 0) is 45.7 Å². The molecule has 6 heteroatoms. The van der Waals surface area contributed by atoms with Crippen LogP contribution in [0.2, 0.25) is 0 Å². The fraction of sp³-hybridized carbons (Fsp3) is 0.474. The molecule has 0 bridgehead atoms. The van der Waals surface area contributed by atoms with Crippen molar-refractivity contribution < 1.29 is 18.7 Å². The average Bonchev–Trinajstić information content (AvgIpc) is 3.01. The Bertz CT molecular complexity index is 755. The third-order valence-electron chi connectivity index (χ3n) is 5.22. The first-order chi connectivity index (χ1) is 11.6. The van der Waals surface area contributed by atoms with E-state index in [1.807, 2.05) is 37.3 Å². The molecular formula is C19H24F2N2O2. The van der Waals surface area contributed by atoms with Crippen LogP contribution in [0.4, 0.5) is 8.78 Å². The van der Waals surface area contributed by atoms with Gasteiger partial charge in [0, 0.05) is 18.3 Å². The summed E-state index contributed by atoms with van der Waals surface area (Å²) in [6.45, 7) is 5.87. The molecule has 0 amide bonds. The van der Waals surface area contributed by atoms with Gasteiger partial charge in [0.1, 0.15) is 11.4 Å². The first-order valence-electron chi connectivity index (χ1n) is 8.20. The van der Waals surface area contributed by atoms with Gasteiger partial charge in [0.05, 0.1) is 11.1 Å². The number of aryl methyl sites for hydroxylation is 2. The zero-order chi connectivity index (χ0) is 18.8. The maximum absolute atomic E-state index is 13.2. The van der Waals surface area contributed by atoms with Gasteiger partial charge >= 0.3 is 0 Å². The predicted octanol–water partition coefficient (Wildman–Crippen LogP) is 3.86. The summed E-state index contributed by atoms with van der Waals surface area (Å²) in [5.41, 5.74) is -1.10. The van der Waals surface area contributed by atoms with Crippen molar-refractivity contribution >= 4 is 5.78 Å². The van der Waals surface area contributed by atoms with Gasteiger partial charge in [0.25, 0.3) is 6.43 Å². The second kappa shape index (κ2) is 7.04. The number of carbonyl (C=O) groups is 1. The molecule has 2 atom stereocenters. The third kappa shape index (κ3) is 3.63. The Morgan fingerprint density at radius 3 is 2.48 bits per heavy atom. The topological polar surface area (TPSA) is 55.1 Å². The third-order valence-corrected chi connectivity index (χ3v) is 5.22. The molecule has 136 valence electrons. The second-order valence-electron chi connectivity index (χ2n) is 6.87. The quantitative estimate of drug-likeness (QED) is 0.825. The molecule has 1 aromatic heterocycles. The van der Waals surface area contributed by atoms with Crippen LogP contribution >= 0.6 is 0 Å². The Balaban J connectivity index is 2.20. The number of alkyl halides is 2. The maximum Gasteiger partial charge on any atom is 0.267 e. The SMILES string of the molecule is CC(=O)C(C)(CCn1ccc(-c2ccccc2C)n1)C(C)(O)C(F)F. The Morgan fingerprint density at radius 1 is 1.28 bits per heavy atom. The van der Waals surface area contributed by atoms with Crippen LogP contribution in [0.25, 0.3) is 11.3 Å². The highest BCUT2D eigenvalue weighted by atomic mass is 19.3. The predicted molar refractivity (Wildman–Crippen MR) is 92.4 cm³/mol. The molecule has 0 spiro atoms. The first kappa shape index (κ1) is 19.2. The molecule has 1 N–H and O–H groups in total. The normalized spacial score (nSPS) is 16.5. The zero-order valence-electron chi connectivity index (χ0n) is 15.0. The summed E-state index contributed by atoms with van der Waals surface area (Å²) in [6, 6.07) is 9.66. The zero-order valence-corrected chi connectivity index (χ0v) is 15.0.